The van der Waals surface area contributed by atoms with Crippen LogP contribution in [0.4, 0.5) is 5.69 Å². The second kappa shape index (κ2) is 5.61. The molecule has 1 atom stereocenters. The minimum Gasteiger partial charge on any atom is -0.483 e. The zero-order valence-corrected chi connectivity index (χ0v) is 11.6. The van der Waals surface area contributed by atoms with Crippen molar-refractivity contribution in [1.29, 1.82) is 0 Å². The summed E-state index contributed by atoms with van der Waals surface area (Å²) < 4.78 is 31.4. The van der Waals surface area contributed by atoms with E-state index in [0.29, 0.717) is 30.7 Å². The van der Waals surface area contributed by atoms with Gasteiger partial charge in [-0.2, -0.15) is 0 Å². The Morgan fingerprint density at radius 3 is 2.95 bits per heavy atom. The molecule has 0 aromatic heterocycles. The number of fused-ring (bicyclic) bond motifs is 1. The van der Waals surface area contributed by atoms with Gasteiger partial charge in [-0.3, -0.25) is 9.52 Å². The largest absolute Gasteiger partial charge is 0.483 e. The van der Waals surface area contributed by atoms with E-state index in [0.717, 1.165) is 11.8 Å². The summed E-state index contributed by atoms with van der Waals surface area (Å²) in [5, 5.41) is 0. The van der Waals surface area contributed by atoms with Crippen LogP contribution in [0.1, 0.15) is 25.3 Å². The number of sulfonamides is 1. The molecule has 0 radical (unpaired) electrons. The van der Waals surface area contributed by atoms with Crippen LogP contribution in [0, 0.1) is 0 Å². The highest BCUT2D eigenvalue weighted by atomic mass is 32.2. The number of nitrogens with one attached hydrogen (secondary N) is 1. The number of aryl methyl sites for hydroxylation is 1. The lowest BCUT2D eigenvalue weighted by Crippen LogP contribution is -2.24. The SMILES string of the molecule is CCCS(=O)(=O)Nc1ccc2c(c1)CC[C@@H](C=O)O2. The standard InChI is InChI=1S/C13H17NO4S/c1-2-7-19(16,17)14-11-4-6-13-10(8-11)3-5-12(9-15)18-13/h4,6,8-9,12,14H,2-3,5,7H2,1H3/t12-/m0/s1. The summed E-state index contributed by atoms with van der Waals surface area (Å²) in [6.07, 6.45) is 2.31. The number of hydrogen-bond acceptors (Lipinski definition) is 4. The Bertz CT molecular complexity index is 568. The Balaban J connectivity index is 2.16. The lowest BCUT2D eigenvalue weighted by Gasteiger charge is -2.22. The summed E-state index contributed by atoms with van der Waals surface area (Å²) in [6.45, 7) is 1.82. The van der Waals surface area contributed by atoms with Crippen molar-refractivity contribution < 1.29 is 17.9 Å². The van der Waals surface area contributed by atoms with Gasteiger partial charge in [0, 0.05) is 5.69 Å². The van der Waals surface area contributed by atoms with Crippen LogP contribution >= 0.6 is 0 Å². The van der Waals surface area contributed by atoms with E-state index in [4.69, 9.17) is 4.74 Å². The number of carbonyl (C=O) groups is 1. The molecule has 2 rings (SSSR count). The molecule has 1 aliphatic rings. The lowest BCUT2D eigenvalue weighted by atomic mass is 10.0. The minimum absolute atomic E-state index is 0.105. The molecule has 0 saturated heterocycles. The van der Waals surface area contributed by atoms with Crippen molar-refractivity contribution in [1.82, 2.24) is 0 Å². The highest BCUT2D eigenvalue weighted by Crippen LogP contribution is 2.29. The first-order valence-electron chi connectivity index (χ1n) is 6.29. The third-order valence-electron chi connectivity index (χ3n) is 2.94. The Hall–Kier alpha value is -1.56. The zero-order chi connectivity index (χ0) is 13.9. The average Bonchev–Trinajstić information content (AvgIpc) is 2.37. The summed E-state index contributed by atoms with van der Waals surface area (Å²) in [5.74, 6) is 0.759. The Kier molecular flexibility index (Phi) is 4.09. The highest BCUT2D eigenvalue weighted by molar-refractivity contribution is 7.92. The molecular weight excluding hydrogens is 266 g/mol. The van der Waals surface area contributed by atoms with E-state index in [2.05, 4.69) is 4.72 Å². The molecule has 1 N–H and O–H groups in total. The van der Waals surface area contributed by atoms with Crippen LogP contribution < -0.4 is 9.46 Å². The quantitative estimate of drug-likeness (QED) is 0.835. The van der Waals surface area contributed by atoms with Crippen molar-refractivity contribution in [2.24, 2.45) is 0 Å². The van der Waals surface area contributed by atoms with Gasteiger partial charge in [0.15, 0.2) is 12.4 Å². The van der Waals surface area contributed by atoms with Crippen molar-refractivity contribution in [3.8, 4) is 5.75 Å². The van der Waals surface area contributed by atoms with Crippen molar-refractivity contribution in [3.05, 3.63) is 23.8 Å². The predicted molar refractivity (Wildman–Crippen MR) is 72.9 cm³/mol. The smallest absolute Gasteiger partial charge is 0.232 e. The van der Waals surface area contributed by atoms with E-state index >= 15 is 0 Å². The maximum Gasteiger partial charge on any atom is 0.232 e. The average molecular weight is 283 g/mol. The van der Waals surface area contributed by atoms with E-state index in [-0.39, 0.29) is 5.75 Å². The van der Waals surface area contributed by atoms with Gasteiger partial charge in [-0.25, -0.2) is 8.42 Å². The van der Waals surface area contributed by atoms with Crippen molar-refractivity contribution in [2.45, 2.75) is 32.3 Å². The minimum atomic E-state index is -3.27. The molecule has 0 spiro atoms. The second-order valence-electron chi connectivity index (χ2n) is 4.57. The molecule has 6 heteroatoms. The zero-order valence-electron chi connectivity index (χ0n) is 10.8. The molecule has 1 aliphatic heterocycles. The van der Waals surface area contributed by atoms with E-state index in [9.17, 15) is 13.2 Å². The fourth-order valence-corrected chi connectivity index (χ4v) is 3.19. The number of ether oxygens (including phenoxy) is 1. The first kappa shape index (κ1) is 13.9. The molecular formula is C13H17NO4S. The fraction of sp³-hybridized carbons (Fsp3) is 0.462. The maximum atomic E-state index is 11.7. The van der Waals surface area contributed by atoms with Crippen LogP contribution in [0.5, 0.6) is 5.75 Å². The van der Waals surface area contributed by atoms with Gasteiger partial charge in [0.2, 0.25) is 10.0 Å². The van der Waals surface area contributed by atoms with Crippen LogP contribution in [0.2, 0.25) is 0 Å². The second-order valence-corrected chi connectivity index (χ2v) is 6.42. The van der Waals surface area contributed by atoms with Crippen molar-refractivity contribution in [3.63, 3.8) is 0 Å². The third kappa shape index (κ3) is 3.47. The molecule has 1 aromatic carbocycles. The van der Waals surface area contributed by atoms with Crippen molar-refractivity contribution in [2.75, 3.05) is 10.5 Å². The number of benzene rings is 1. The first-order valence-corrected chi connectivity index (χ1v) is 7.94. The first-order chi connectivity index (χ1) is 9.04. The van der Waals surface area contributed by atoms with Crippen LogP contribution in [-0.4, -0.2) is 26.6 Å². The Labute approximate surface area is 113 Å². The topological polar surface area (TPSA) is 72.5 Å². The number of hydrogen-bond donors (Lipinski definition) is 1. The monoisotopic (exact) mass is 283 g/mol. The molecule has 1 heterocycles. The number of aldehydes is 1. The van der Waals surface area contributed by atoms with E-state index in [1.807, 2.05) is 6.92 Å². The molecule has 0 saturated carbocycles. The molecule has 5 nitrogen and oxygen atoms in total. The van der Waals surface area contributed by atoms with Gasteiger partial charge in [0.1, 0.15) is 5.75 Å². The van der Waals surface area contributed by atoms with Gasteiger partial charge in [0.25, 0.3) is 0 Å². The van der Waals surface area contributed by atoms with Gasteiger partial charge in [-0.15, -0.1) is 0 Å². The number of carbonyl (C=O) groups excluding carboxylic acids is 1. The Morgan fingerprint density at radius 2 is 2.26 bits per heavy atom. The van der Waals surface area contributed by atoms with Gasteiger partial charge in [-0.05, 0) is 43.0 Å². The molecule has 1 aromatic rings. The molecule has 0 unspecified atom stereocenters. The number of rotatable bonds is 5. The van der Waals surface area contributed by atoms with Crippen LogP contribution in [-0.2, 0) is 21.2 Å². The highest BCUT2D eigenvalue weighted by Gasteiger charge is 2.19. The van der Waals surface area contributed by atoms with Crippen LogP contribution in [0.25, 0.3) is 0 Å². The summed E-state index contributed by atoms with van der Waals surface area (Å²) >= 11 is 0. The van der Waals surface area contributed by atoms with Crippen molar-refractivity contribution >= 4 is 22.0 Å². The van der Waals surface area contributed by atoms with Gasteiger partial charge in [0.05, 0.1) is 5.75 Å². The van der Waals surface area contributed by atoms with E-state index in [1.54, 1.807) is 18.2 Å². The molecule has 0 bridgehead atoms. The predicted octanol–water partition coefficient (Wildman–Crippen LogP) is 1.73. The van der Waals surface area contributed by atoms with Gasteiger partial charge >= 0.3 is 0 Å². The van der Waals surface area contributed by atoms with Crippen LogP contribution in [0.3, 0.4) is 0 Å². The van der Waals surface area contributed by atoms with Gasteiger partial charge < -0.3 is 4.74 Å². The molecule has 19 heavy (non-hydrogen) atoms. The summed E-state index contributed by atoms with van der Waals surface area (Å²) in [6, 6.07) is 5.12. The third-order valence-corrected chi connectivity index (χ3v) is 4.43. The lowest BCUT2D eigenvalue weighted by molar-refractivity contribution is -0.114. The maximum absolute atomic E-state index is 11.7. The molecule has 0 aliphatic carbocycles. The summed E-state index contributed by atoms with van der Waals surface area (Å²) in [4.78, 5) is 10.7. The summed E-state index contributed by atoms with van der Waals surface area (Å²) in [5.41, 5.74) is 1.47. The van der Waals surface area contributed by atoms with E-state index < -0.39 is 16.1 Å². The van der Waals surface area contributed by atoms with Crippen LogP contribution in [0.15, 0.2) is 18.2 Å². The summed E-state index contributed by atoms with van der Waals surface area (Å²) in [7, 11) is -3.27. The van der Waals surface area contributed by atoms with E-state index in [1.165, 1.54) is 0 Å². The fourth-order valence-electron chi connectivity index (χ4n) is 2.07. The Morgan fingerprint density at radius 1 is 1.47 bits per heavy atom. The van der Waals surface area contributed by atoms with Gasteiger partial charge in [-0.1, -0.05) is 6.92 Å². The molecule has 104 valence electrons. The molecule has 0 fully saturated rings. The number of anilines is 1. The molecule has 0 amide bonds. The normalized spacial score (nSPS) is 18.3.